The van der Waals surface area contributed by atoms with Crippen molar-refractivity contribution in [3.8, 4) is 56.0 Å². The largest absolute Gasteiger partial charge is 0.432 e. The zero-order valence-electron chi connectivity index (χ0n) is 44.2. The van der Waals surface area contributed by atoms with Crippen molar-refractivity contribution in [2.45, 2.75) is 83.4 Å². The quantitative estimate of drug-likeness (QED) is 0.0668. The Morgan fingerprint density at radius 2 is 0.632 bits per heavy atom. The number of aryl methyl sites for hydroxylation is 2. The van der Waals surface area contributed by atoms with Crippen LogP contribution in [-0.2, 0) is 37.4 Å². The SMILES string of the molecule is CCCCCc1ccc(-c2cc(F)c(-c3cc(F)c(C(F)(F)Oc4cc(F)c(C(F)(F)F)c(F)c4)c(F)c3)c(F)c2)c(F)c1.CCCCc1ccc(-c2cc(F)c(-c3cc(F)c(C(F)(F)Oc4cc(F)c(C(F)(F)F)c(F)c4)c(F)c3)c(Cl)c2)c(F)c1. The van der Waals surface area contributed by atoms with E-state index in [9.17, 15) is 87.8 Å². The highest BCUT2D eigenvalue weighted by Gasteiger charge is 2.45. The van der Waals surface area contributed by atoms with Crippen molar-refractivity contribution in [1.82, 2.24) is 0 Å². The van der Waals surface area contributed by atoms with Gasteiger partial charge in [0.15, 0.2) is 0 Å². The van der Waals surface area contributed by atoms with Gasteiger partial charge < -0.3 is 9.47 Å². The van der Waals surface area contributed by atoms with E-state index in [0.29, 0.717) is 36.1 Å². The van der Waals surface area contributed by atoms with Crippen molar-refractivity contribution >= 4 is 11.6 Å². The first-order valence-corrected chi connectivity index (χ1v) is 25.8. The third kappa shape index (κ3) is 15.1. The Kier molecular flexibility index (Phi) is 20.0. The second kappa shape index (κ2) is 26.2. The van der Waals surface area contributed by atoms with Gasteiger partial charge in [-0.2, -0.15) is 43.9 Å². The van der Waals surface area contributed by atoms with Crippen molar-refractivity contribution in [2.24, 2.45) is 0 Å². The molecule has 0 aromatic heterocycles. The molecule has 0 atom stereocenters. The molecule has 26 heteroatoms. The molecule has 0 spiro atoms. The maximum atomic E-state index is 15.2. The van der Waals surface area contributed by atoms with Gasteiger partial charge in [-0.3, -0.25) is 0 Å². The first-order chi connectivity index (χ1) is 40.6. The highest BCUT2D eigenvalue weighted by molar-refractivity contribution is 6.33. The molecule has 462 valence electrons. The lowest BCUT2D eigenvalue weighted by Gasteiger charge is -2.21. The molecule has 0 saturated heterocycles. The number of benzene rings is 8. The summed E-state index contributed by atoms with van der Waals surface area (Å²) in [7, 11) is 0. The fraction of sp³-hybridized carbons (Fsp3) is 0.213. The van der Waals surface area contributed by atoms with Crippen LogP contribution in [0.5, 0.6) is 11.5 Å². The molecule has 87 heavy (non-hydrogen) atoms. The summed E-state index contributed by atoms with van der Waals surface area (Å²) in [6.07, 6.45) is -15.5. The van der Waals surface area contributed by atoms with Gasteiger partial charge in [0.05, 0.1) is 10.6 Å². The topological polar surface area (TPSA) is 18.5 Å². The number of halogens is 24. The molecule has 8 aromatic rings. The predicted molar refractivity (Wildman–Crippen MR) is 273 cm³/mol. The first kappa shape index (κ1) is 66.6. The highest BCUT2D eigenvalue weighted by atomic mass is 35.5. The molecule has 0 aliphatic rings. The normalized spacial score (nSPS) is 12.1. The van der Waals surface area contributed by atoms with Crippen LogP contribution in [0.1, 0.15) is 79.3 Å². The summed E-state index contributed by atoms with van der Waals surface area (Å²) >= 11 is 6.16. The molecule has 0 radical (unpaired) electrons. The summed E-state index contributed by atoms with van der Waals surface area (Å²) in [4.78, 5) is 0. The molecule has 0 heterocycles. The third-order valence-electron chi connectivity index (χ3n) is 13.0. The lowest BCUT2D eigenvalue weighted by molar-refractivity contribution is -0.190. The highest BCUT2D eigenvalue weighted by Crippen LogP contribution is 2.45. The van der Waals surface area contributed by atoms with E-state index in [4.69, 9.17) is 11.6 Å². The third-order valence-corrected chi connectivity index (χ3v) is 13.3. The molecule has 0 aliphatic heterocycles. The molecule has 0 N–H and O–H groups in total. The number of unbranched alkanes of at least 4 members (excludes halogenated alkanes) is 3. The maximum absolute atomic E-state index is 15.2. The van der Waals surface area contributed by atoms with Crippen molar-refractivity contribution in [3.05, 3.63) is 223 Å². The monoisotopic (exact) mass is 1270 g/mol. The molecule has 2 nitrogen and oxygen atoms in total. The Balaban J connectivity index is 0.000000249. The molecule has 0 bridgehead atoms. The lowest BCUT2D eigenvalue weighted by Crippen LogP contribution is -2.25. The first-order valence-electron chi connectivity index (χ1n) is 25.4. The zero-order valence-corrected chi connectivity index (χ0v) is 45.0. The van der Waals surface area contributed by atoms with Crippen LogP contribution < -0.4 is 9.47 Å². The molecule has 0 saturated carbocycles. The molecule has 8 aromatic carbocycles. The van der Waals surface area contributed by atoms with Crippen molar-refractivity contribution in [3.63, 3.8) is 0 Å². The molecular weight excluding hydrogens is 1240 g/mol. The maximum Gasteiger partial charge on any atom is 0.432 e. The minimum Gasteiger partial charge on any atom is -0.429 e. The van der Waals surface area contributed by atoms with Crippen molar-refractivity contribution < 1.29 is 110 Å². The second-order valence-corrected chi connectivity index (χ2v) is 19.6. The fourth-order valence-corrected chi connectivity index (χ4v) is 9.33. The fourth-order valence-electron chi connectivity index (χ4n) is 9.01. The van der Waals surface area contributed by atoms with Crippen LogP contribution >= 0.6 is 11.6 Å². The van der Waals surface area contributed by atoms with Crippen LogP contribution in [0.25, 0.3) is 44.5 Å². The average Bonchev–Trinajstić information content (AvgIpc) is 2.16. The number of alkyl halides is 10. The second-order valence-electron chi connectivity index (χ2n) is 19.2. The standard InChI is InChI=1S/C31H20F12O.C30H18ClF11O/c1-2-3-4-5-15-6-7-19(20(32)8-15)16-9-21(33)27(22(34)10-16)17-11-23(35)29(24(36)12-17)31(42,43)44-18-13-25(37)28(26(38)14-18)30(39,40)41;1-2-3-4-14-5-6-18(20(32)7-14)15-8-19(31)26(21(33)9-15)16-10-22(34)28(23(35)11-16)30(41,42)43-17-12-24(36)27(25(37)13-17)29(38,39)40/h6-14H,2-5H2,1H3;5-13H,2-4H2,1H3. The molecule has 0 fully saturated rings. The molecule has 0 unspecified atom stereocenters. The van der Waals surface area contributed by atoms with Crippen LogP contribution in [0.4, 0.5) is 101 Å². The van der Waals surface area contributed by atoms with Gasteiger partial charge in [0.25, 0.3) is 0 Å². The summed E-state index contributed by atoms with van der Waals surface area (Å²) in [5.74, 6) is -26.1. The Bertz CT molecular complexity index is 3740. The van der Waals surface area contributed by atoms with Gasteiger partial charge in [-0.25, -0.2) is 57.1 Å². The Hall–Kier alpha value is -7.96. The minimum absolute atomic E-state index is 0.0145. The zero-order chi connectivity index (χ0) is 64.4. The van der Waals surface area contributed by atoms with Gasteiger partial charge in [0.1, 0.15) is 109 Å². The van der Waals surface area contributed by atoms with E-state index in [1.807, 2.05) is 13.8 Å². The van der Waals surface area contributed by atoms with E-state index in [2.05, 4.69) is 9.47 Å². The number of rotatable bonds is 17. The van der Waals surface area contributed by atoms with Crippen LogP contribution in [0.15, 0.2) is 109 Å². The Morgan fingerprint density at radius 1 is 0.322 bits per heavy atom. The van der Waals surface area contributed by atoms with Crippen LogP contribution in [0.3, 0.4) is 0 Å². The van der Waals surface area contributed by atoms with E-state index < -0.39 is 161 Å². The lowest BCUT2D eigenvalue weighted by atomic mass is 9.96. The number of hydrogen-bond donors (Lipinski definition) is 0. The van der Waals surface area contributed by atoms with Gasteiger partial charge in [-0.05, 0) is 120 Å². The number of hydrogen-bond acceptors (Lipinski definition) is 2. The predicted octanol–water partition coefficient (Wildman–Crippen LogP) is 21.9. The minimum atomic E-state index is -5.53. The van der Waals surface area contributed by atoms with Gasteiger partial charge in [0.2, 0.25) is 0 Å². The van der Waals surface area contributed by atoms with E-state index in [-0.39, 0.29) is 70.8 Å². The molecule has 8 rings (SSSR count). The summed E-state index contributed by atoms with van der Waals surface area (Å²) in [5.41, 5.74) is -11.3. The van der Waals surface area contributed by atoms with E-state index in [0.717, 1.165) is 44.2 Å². The van der Waals surface area contributed by atoms with Crippen LogP contribution in [-0.4, -0.2) is 0 Å². The Labute approximate surface area is 483 Å². The summed E-state index contributed by atoms with van der Waals surface area (Å²) in [6.45, 7) is 3.96. The number of ether oxygens (including phenoxy) is 2. The molecule has 0 amide bonds. The smallest absolute Gasteiger partial charge is 0.429 e. The Morgan fingerprint density at radius 3 is 0.966 bits per heavy atom. The van der Waals surface area contributed by atoms with E-state index in [1.54, 1.807) is 12.1 Å². The van der Waals surface area contributed by atoms with Gasteiger partial charge in [-0.1, -0.05) is 69.0 Å². The van der Waals surface area contributed by atoms with Gasteiger partial charge >= 0.3 is 24.6 Å². The summed E-state index contributed by atoms with van der Waals surface area (Å²) in [6, 6.07) is 11.6. The van der Waals surface area contributed by atoms with Gasteiger partial charge in [-0.15, -0.1) is 0 Å². The van der Waals surface area contributed by atoms with Crippen LogP contribution in [0.2, 0.25) is 5.02 Å². The summed E-state index contributed by atoms with van der Waals surface area (Å²) < 4.78 is 332. The van der Waals surface area contributed by atoms with Crippen molar-refractivity contribution in [2.75, 3.05) is 0 Å². The molecular formula is C61H38ClF23O2. The van der Waals surface area contributed by atoms with Crippen LogP contribution in [0, 0.1) is 75.6 Å². The summed E-state index contributed by atoms with van der Waals surface area (Å²) in [5, 5.41) is -0.449. The average molecular weight is 1280 g/mol. The molecule has 0 aliphatic carbocycles. The van der Waals surface area contributed by atoms with E-state index in [1.165, 1.54) is 24.3 Å². The van der Waals surface area contributed by atoms with Gasteiger partial charge in [0, 0.05) is 41.0 Å². The van der Waals surface area contributed by atoms with E-state index >= 15 is 13.2 Å². The van der Waals surface area contributed by atoms with Crippen molar-refractivity contribution in [1.29, 1.82) is 0 Å².